The molecule has 2 N–H and O–H groups in total. The van der Waals surface area contributed by atoms with E-state index in [1.165, 1.54) is 6.20 Å². The first-order valence-corrected chi connectivity index (χ1v) is 10.4. The third-order valence-corrected chi connectivity index (χ3v) is 5.78. The number of amides is 1. The Labute approximate surface area is 178 Å². The summed E-state index contributed by atoms with van der Waals surface area (Å²) in [4.78, 5) is 14.9. The fourth-order valence-corrected chi connectivity index (χ4v) is 3.99. The third kappa shape index (κ3) is 4.85. The number of alkyl halides is 3. The molecular weight excluding hydrogens is 411 g/mol. The molecule has 1 amide bonds. The number of morpholine rings is 1. The standard InChI is InChI=1S/C21H26F3N5O2/c1-14-2-4-15(5-3-14)17-12-18(21(22,23)24)29-19(27-17)16(13-26-29)20(30)25-6-7-28-8-10-31-11-9-28/h2-5,13,17-18,27H,6-12H2,1H3,(H,25,30)/t17-,18+/m1/s1. The van der Waals surface area contributed by atoms with Gasteiger partial charge in [-0.3, -0.25) is 9.69 Å². The van der Waals surface area contributed by atoms with Gasteiger partial charge in [0.2, 0.25) is 0 Å². The number of aromatic nitrogens is 2. The molecular formula is C21H26F3N5O2. The van der Waals surface area contributed by atoms with Gasteiger partial charge in [0.05, 0.1) is 25.5 Å². The zero-order valence-electron chi connectivity index (χ0n) is 17.3. The van der Waals surface area contributed by atoms with Crippen LogP contribution in [0.1, 0.15) is 40.0 Å². The van der Waals surface area contributed by atoms with Crippen LogP contribution in [-0.4, -0.2) is 66.2 Å². The number of rotatable bonds is 5. The van der Waals surface area contributed by atoms with Gasteiger partial charge in [0.25, 0.3) is 5.91 Å². The quantitative estimate of drug-likeness (QED) is 0.753. The van der Waals surface area contributed by atoms with Crippen LogP contribution in [0.2, 0.25) is 0 Å². The maximum absolute atomic E-state index is 13.8. The number of hydrogen-bond acceptors (Lipinski definition) is 5. The van der Waals surface area contributed by atoms with Crippen molar-refractivity contribution >= 4 is 11.7 Å². The minimum absolute atomic E-state index is 0.100. The van der Waals surface area contributed by atoms with Crippen molar-refractivity contribution in [1.29, 1.82) is 0 Å². The topological polar surface area (TPSA) is 71.4 Å². The number of nitrogens with one attached hydrogen (secondary N) is 2. The number of hydrogen-bond donors (Lipinski definition) is 2. The van der Waals surface area contributed by atoms with Crippen molar-refractivity contribution in [3.63, 3.8) is 0 Å². The number of halogens is 3. The van der Waals surface area contributed by atoms with E-state index in [-0.39, 0.29) is 17.8 Å². The van der Waals surface area contributed by atoms with Gasteiger partial charge in [-0.1, -0.05) is 29.8 Å². The van der Waals surface area contributed by atoms with Gasteiger partial charge in [-0.05, 0) is 12.5 Å². The number of carbonyl (C=O) groups is 1. The summed E-state index contributed by atoms with van der Waals surface area (Å²) >= 11 is 0. The second kappa shape index (κ2) is 8.88. The maximum atomic E-state index is 13.8. The first-order valence-electron chi connectivity index (χ1n) is 10.4. The van der Waals surface area contributed by atoms with Gasteiger partial charge in [0, 0.05) is 32.6 Å². The van der Waals surface area contributed by atoms with Crippen molar-refractivity contribution in [2.45, 2.75) is 31.6 Å². The Bertz CT molecular complexity index is 907. The predicted molar refractivity (Wildman–Crippen MR) is 109 cm³/mol. The number of fused-ring (bicyclic) bond motifs is 1. The number of ether oxygens (including phenoxy) is 1. The second-order valence-corrected chi connectivity index (χ2v) is 7.96. The summed E-state index contributed by atoms with van der Waals surface area (Å²) in [5.41, 5.74) is 1.89. The molecule has 4 rings (SSSR count). The van der Waals surface area contributed by atoms with E-state index >= 15 is 0 Å². The molecule has 2 aliphatic rings. The lowest BCUT2D eigenvalue weighted by Gasteiger charge is -2.34. The van der Waals surface area contributed by atoms with Crippen molar-refractivity contribution in [2.24, 2.45) is 0 Å². The van der Waals surface area contributed by atoms with E-state index in [9.17, 15) is 18.0 Å². The Morgan fingerprint density at radius 3 is 2.65 bits per heavy atom. The summed E-state index contributed by atoms with van der Waals surface area (Å²) in [5.74, 6) is -0.337. The summed E-state index contributed by atoms with van der Waals surface area (Å²) < 4.78 is 47.6. The summed E-state index contributed by atoms with van der Waals surface area (Å²) in [6.07, 6.45) is -3.46. The molecule has 2 aliphatic heterocycles. The van der Waals surface area contributed by atoms with Crippen LogP contribution in [0.3, 0.4) is 0 Å². The minimum atomic E-state index is -4.48. The molecule has 2 aromatic rings. The number of aryl methyl sites for hydroxylation is 1. The molecule has 0 unspecified atom stereocenters. The van der Waals surface area contributed by atoms with Gasteiger partial charge in [-0.15, -0.1) is 0 Å². The molecule has 1 fully saturated rings. The molecule has 0 bridgehead atoms. The lowest BCUT2D eigenvalue weighted by Crippen LogP contribution is -2.41. The third-order valence-electron chi connectivity index (χ3n) is 5.78. The SMILES string of the molecule is Cc1ccc([C@H]2C[C@@H](C(F)(F)F)n3ncc(C(=O)NCCN4CCOCC4)c3N2)cc1. The highest BCUT2D eigenvalue weighted by Crippen LogP contribution is 2.44. The molecule has 2 atom stereocenters. The Hall–Kier alpha value is -2.59. The van der Waals surface area contributed by atoms with Gasteiger partial charge < -0.3 is 15.4 Å². The highest BCUT2D eigenvalue weighted by Gasteiger charge is 2.47. The molecule has 168 valence electrons. The smallest absolute Gasteiger partial charge is 0.379 e. The van der Waals surface area contributed by atoms with Crippen molar-refractivity contribution in [3.8, 4) is 0 Å². The zero-order chi connectivity index (χ0) is 22.0. The maximum Gasteiger partial charge on any atom is 0.410 e. The zero-order valence-corrected chi connectivity index (χ0v) is 17.3. The molecule has 31 heavy (non-hydrogen) atoms. The fourth-order valence-electron chi connectivity index (χ4n) is 3.99. The average molecular weight is 437 g/mol. The lowest BCUT2D eigenvalue weighted by atomic mass is 9.96. The molecule has 1 saturated heterocycles. The molecule has 1 aromatic heterocycles. The van der Waals surface area contributed by atoms with Crippen molar-refractivity contribution in [3.05, 3.63) is 47.2 Å². The van der Waals surface area contributed by atoms with Crippen LogP contribution in [0, 0.1) is 6.92 Å². The van der Waals surface area contributed by atoms with Crippen LogP contribution >= 0.6 is 0 Å². The largest absolute Gasteiger partial charge is 0.410 e. The van der Waals surface area contributed by atoms with Crippen LogP contribution in [-0.2, 0) is 4.74 Å². The molecule has 1 aromatic carbocycles. The highest BCUT2D eigenvalue weighted by atomic mass is 19.4. The first-order chi connectivity index (χ1) is 14.8. The summed E-state index contributed by atoms with van der Waals surface area (Å²) in [6, 6.07) is 4.99. The predicted octanol–water partition coefficient (Wildman–Crippen LogP) is 2.91. The van der Waals surface area contributed by atoms with E-state index in [1.54, 1.807) is 0 Å². The van der Waals surface area contributed by atoms with Crippen LogP contribution in [0.25, 0.3) is 0 Å². The molecule has 7 nitrogen and oxygen atoms in total. The van der Waals surface area contributed by atoms with Crippen LogP contribution < -0.4 is 10.6 Å². The molecule has 0 saturated carbocycles. The van der Waals surface area contributed by atoms with E-state index in [4.69, 9.17) is 4.74 Å². The van der Waals surface area contributed by atoms with Crippen LogP contribution in [0.5, 0.6) is 0 Å². The second-order valence-electron chi connectivity index (χ2n) is 7.96. The van der Waals surface area contributed by atoms with E-state index in [0.29, 0.717) is 26.3 Å². The van der Waals surface area contributed by atoms with E-state index < -0.39 is 24.2 Å². The minimum Gasteiger partial charge on any atom is -0.379 e. The Balaban J connectivity index is 1.51. The summed E-state index contributed by atoms with van der Waals surface area (Å²) in [5, 5.41) is 9.83. The average Bonchev–Trinajstić information content (AvgIpc) is 3.17. The molecule has 0 spiro atoms. The first kappa shape index (κ1) is 21.6. The van der Waals surface area contributed by atoms with Crippen molar-refractivity contribution < 1.29 is 22.7 Å². The van der Waals surface area contributed by atoms with Gasteiger partial charge >= 0.3 is 6.18 Å². The van der Waals surface area contributed by atoms with Gasteiger partial charge in [0.1, 0.15) is 11.4 Å². The van der Waals surface area contributed by atoms with E-state index in [0.717, 1.165) is 28.9 Å². The summed E-state index contributed by atoms with van der Waals surface area (Å²) in [6.45, 7) is 5.89. The molecule has 3 heterocycles. The molecule has 0 aliphatic carbocycles. The van der Waals surface area contributed by atoms with Gasteiger partial charge in [0.15, 0.2) is 6.04 Å². The van der Waals surface area contributed by atoms with Crippen LogP contribution in [0.15, 0.2) is 30.5 Å². The highest BCUT2D eigenvalue weighted by molar-refractivity contribution is 5.98. The number of anilines is 1. The Morgan fingerprint density at radius 2 is 1.97 bits per heavy atom. The van der Waals surface area contributed by atoms with Crippen molar-refractivity contribution in [2.75, 3.05) is 44.7 Å². The van der Waals surface area contributed by atoms with Gasteiger partial charge in [-0.2, -0.15) is 18.3 Å². The number of benzene rings is 1. The Morgan fingerprint density at radius 1 is 1.26 bits per heavy atom. The number of carbonyl (C=O) groups excluding carboxylic acids is 1. The summed E-state index contributed by atoms with van der Waals surface area (Å²) in [7, 11) is 0. The van der Waals surface area contributed by atoms with E-state index in [2.05, 4.69) is 20.6 Å². The van der Waals surface area contributed by atoms with Gasteiger partial charge in [-0.25, -0.2) is 4.68 Å². The monoisotopic (exact) mass is 437 g/mol. The molecule has 0 radical (unpaired) electrons. The van der Waals surface area contributed by atoms with Crippen molar-refractivity contribution in [1.82, 2.24) is 20.0 Å². The fraction of sp³-hybridized carbons (Fsp3) is 0.524. The lowest BCUT2D eigenvalue weighted by molar-refractivity contribution is -0.173. The molecule has 10 heteroatoms. The normalized spacial score (nSPS) is 21.9. The van der Waals surface area contributed by atoms with Crippen LogP contribution in [0.4, 0.5) is 19.0 Å². The Kier molecular flexibility index (Phi) is 6.19. The van der Waals surface area contributed by atoms with E-state index in [1.807, 2.05) is 31.2 Å². The number of nitrogens with zero attached hydrogens (tertiary/aromatic N) is 3.